The molecule has 0 spiro atoms. The molecule has 1 aromatic rings. The van der Waals surface area contributed by atoms with Crippen LogP contribution in [-0.4, -0.2) is 16.5 Å². The number of nitrogens with one attached hydrogen (secondary N) is 1. The molecule has 15 heavy (non-hydrogen) atoms. The lowest BCUT2D eigenvalue weighted by Crippen LogP contribution is -2.12. The van der Waals surface area contributed by atoms with Gasteiger partial charge in [0.15, 0.2) is 0 Å². The van der Waals surface area contributed by atoms with Crippen LogP contribution in [0.1, 0.15) is 26.2 Å². The van der Waals surface area contributed by atoms with Crippen molar-refractivity contribution in [3.05, 3.63) is 12.4 Å². The summed E-state index contributed by atoms with van der Waals surface area (Å²) in [4.78, 5) is 8.15. The van der Waals surface area contributed by atoms with Crippen LogP contribution in [0.5, 0.6) is 0 Å². The Morgan fingerprint density at radius 1 is 1.47 bits per heavy atom. The van der Waals surface area contributed by atoms with Crippen molar-refractivity contribution in [3.8, 4) is 0 Å². The Hall–Kier alpha value is -1.32. The molecule has 4 heteroatoms. The lowest BCUT2D eigenvalue weighted by Gasteiger charge is -2.11. The van der Waals surface area contributed by atoms with Gasteiger partial charge >= 0.3 is 0 Å². The van der Waals surface area contributed by atoms with Gasteiger partial charge < -0.3 is 11.1 Å². The first-order valence-electron chi connectivity index (χ1n) is 5.55. The van der Waals surface area contributed by atoms with Crippen molar-refractivity contribution in [2.75, 3.05) is 17.6 Å². The minimum Gasteiger partial charge on any atom is -0.382 e. The summed E-state index contributed by atoms with van der Waals surface area (Å²) in [5.41, 5.74) is 5.55. The maximum atomic E-state index is 5.55. The summed E-state index contributed by atoms with van der Waals surface area (Å²) in [5, 5.41) is 3.29. The Morgan fingerprint density at radius 2 is 2.33 bits per heavy atom. The Morgan fingerprint density at radius 3 is 3.00 bits per heavy atom. The van der Waals surface area contributed by atoms with E-state index in [1.807, 2.05) is 0 Å². The standard InChI is InChI=1S/C11H18N4/c1-8-2-3-9(4-8)5-14-11-7-13-6-10(12)15-11/h6-9H,2-5H2,1H3,(H3,12,14,15). The predicted molar refractivity (Wildman–Crippen MR) is 61.4 cm³/mol. The van der Waals surface area contributed by atoms with E-state index >= 15 is 0 Å². The summed E-state index contributed by atoms with van der Waals surface area (Å²) in [7, 11) is 0. The van der Waals surface area contributed by atoms with Gasteiger partial charge in [0.1, 0.15) is 11.6 Å². The van der Waals surface area contributed by atoms with Crippen molar-refractivity contribution in [2.24, 2.45) is 11.8 Å². The van der Waals surface area contributed by atoms with Crippen molar-refractivity contribution in [2.45, 2.75) is 26.2 Å². The third kappa shape index (κ3) is 2.81. The molecule has 1 fully saturated rings. The molecular formula is C11H18N4. The fraction of sp³-hybridized carbons (Fsp3) is 0.636. The molecule has 0 saturated heterocycles. The van der Waals surface area contributed by atoms with Crippen LogP contribution < -0.4 is 11.1 Å². The number of nitrogen functional groups attached to an aromatic ring is 1. The number of nitrogens with two attached hydrogens (primary N) is 1. The number of hydrogen-bond donors (Lipinski definition) is 2. The molecular weight excluding hydrogens is 188 g/mol. The Bertz CT molecular complexity index is 326. The first kappa shape index (κ1) is 10.2. The fourth-order valence-electron chi connectivity index (χ4n) is 2.23. The van der Waals surface area contributed by atoms with E-state index in [4.69, 9.17) is 5.73 Å². The number of rotatable bonds is 3. The second kappa shape index (κ2) is 4.47. The van der Waals surface area contributed by atoms with E-state index in [0.29, 0.717) is 5.82 Å². The van der Waals surface area contributed by atoms with Crippen LogP contribution in [0.3, 0.4) is 0 Å². The summed E-state index contributed by atoms with van der Waals surface area (Å²) in [5.74, 6) is 2.92. The highest BCUT2D eigenvalue weighted by atomic mass is 15.0. The van der Waals surface area contributed by atoms with Gasteiger partial charge in [-0.3, -0.25) is 4.98 Å². The highest BCUT2D eigenvalue weighted by molar-refractivity contribution is 5.38. The van der Waals surface area contributed by atoms with E-state index in [1.165, 1.54) is 19.3 Å². The van der Waals surface area contributed by atoms with Gasteiger partial charge in [0, 0.05) is 6.54 Å². The zero-order valence-electron chi connectivity index (χ0n) is 9.11. The smallest absolute Gasteiger partial charge is 0.146 e. The third-order valence-electron chi connectivity index (χ3n) is 3.03. The van der Waals surface area contributed by atoms with Gasteiger partial charge in [-0.1, -0.05) is 13.3 Å². The Kier molecular flexibility index (Phi) is 3.04. The van der Waals surface area contributed by atoms with E-state index in [-0.39, 0.29) is 0 Å². The van der Waals surface area contributed by atoms with Gasteiger partial charge in [-0.2, -0.15) is 0 Å². The van der Waals surface area contributed by atoms with Gasteiger partial charge in [0.25, 0.3) is 0 Å². The molecule has 3 N–H and O–H groups in total. The molecule has 82 valence electrons. The molecule has 2 atom stereocenters. The molecule has 1 saturated carbocycles. The Labute approximate surface area is 90.3 Å². The summed E-state index contributed by atoms with van der Waals surface area (Å²) in [6, 6.07) is 0. The number of aromatic nitrogens is 2. The summed E-state index contributed by atoms with van der Waals surface area (Å²) < 4.78 is 0. The minimum absolute atomic E-state index is 0.472. The van der Waals surface area contributed by atoms with E-state index in [2.05, 4.69) is 22.2 Å². The fourth-order valence-corrected chi connectivity index (χ4v) is 2.23. The Balaban J connectivity index is 1.83. The topological polar surface area (TPSA) is 63.8 Å². The molecule has 0 bridgehead atoms. The van der Waals surface area contributed by atoms with Gasteiger partial charge in [-0.15, -0.1) is 0 Å². The highest BCUT2D eigenvalue weighted by Crippen LogP contribution is 2.30. The quantitative estimate of drug-likeness (QED) is 0.793. The number of nitrogens with zero attached hydrogens (tertiary/aromatic N) is 2. The van der Waals surface area contributed by atoms with Crippen molar-refractivity contribution in [1.82, 2.24) is 9.97 Å². The maximum absolute atomic E-state index is 5.55. The maximum Gasteiger partial charge on any atom is 0.146 e. The second-order valence-electron chi connectivity index (χ2n) is 4.49. The van der Waals surface area contributed by atoms with Crippen LogP contribution in [-0.2, 0) is 0 Å². The molecule has 1 aliphatic carbocycles. The molecule has 0 amide bonds. The van der Waals surface area contributed by atoms with Gasteiger partial charge in [0.2, 0.25) is 0 Å². The second-order valence-corrected chi connectivity index (χ2v) is 4.49. The van der Waals surface area contributed by atoms with Crippen molar-refractivity contribution in [1.29, 1.82) is 0 Å². The first-order chi connectivity index (χ1) is 7.24. The van der Waals surface area contributed by atoms with Crippen LogP contribution in [0.15, 0.2) is 12.4 Å². The zero-order chi connectivity index (χ0) is 10.7. The molecule has 1 aromatic heterocycles. The first-order valence-corrected chi connectivity index (χ1v) is 5.55. The van der Waals surface area contributed by atoms with E-state index < -0.39 is 0 Å². The number of hydrogen-bond acceptors (Lipinski definition) is 4. The van der Waals surface area contributed by atoms with Crippen LogP contribution in [0, 0.1) is 11.8 Å². The van der Waals surface area contributed by atoms with Crippen molar-refractivity contribution >= 4 is 11.6 Å². The minimum atomic E-state index is 0.472. The highest BCUT2D eigenvalue weighted by Gasteiger charge is 2.20. The molecule has 2 rings (SSSR count). The largest absolute Gasteiger partial charge is 0.382 e. The normalized spacial score (nSPS) is 25.4. The SMILES string of the molecule is CC1CCC(CNc2cncc(N)n2)C1. The lowest BCUT2D eigenvalue weighted by molar-refractivity contribution is 0.536. The van der Waals surface area contributed by atoms with Crippen LogP contribution in [0.25, 0.3) is 0 Å². The van der Waals surface area contributed by atoms with Crippen molar-refractivity contribution < 1.29 is 0 Å². The molecule has 4 nitrogen and oxygen atoms in total. The molecule has 0 radical (unpaired) electrons. The average Bonchev–Trinajstić information content (AvgIpc) is 2.62. The zero-order valence-corrected chi connectivity index (χ0v) is 9.11. The van der Waals surface area contributed by atoms with Crippen LogP contribution in [0.4, 0.5) is 11.6 Å². The summed E-state index contributed by atoms with van der Waals surface area (Å²) >= 11 is 0. The molecule has 1 heterocycles. The van der Waals surface area contributed by atoms with E-state index in [0.717, 1.165) is 24.2 Å². The lowest BCUT2D eigenvalue weighted by atomic mass is 10.1. The molecule has 0 aliphatic heterocycles. The van der Waals surface area contributed by atoms with Crippen LogP contribution >= 0.6 is 0 Å². The molecule has 1 aliphatic rings. The van der Waals surface area contributed by atoms with Crippen LogP contribution in [0.2, 0.25) is 0 Å². The van der Waals surface area contributed by atoms with Crippen molar-refractivity contribution in [3.63, 3.8) is 0 Å². The van der Waals surface area contributed by atoms with E-state index in [1.54, 1.807) is 12.4 Å². The van der Waals surface area contributed by atoms with E-state index in [9.17, 15) is 0 Å². The van der Waals surface area contributed by atoms with Gasteiger partial charge in [-0.25, -0.2) is 4.98 Å². The predicted octanol–water partition coefficient (Wildman–Crippen LogP) is 1.91. The third-order valence-corrected chi connectivity index (χ3v) is 3.03. The number of anilines is 2. The molecule has 0 aromatic carbocycles. The average molecular weight is 206 g/mol. The monoisotopic (exact) mass is 206 g/mol. The summed E-state index contributed by atoms with van der Waals surface area (Å²) in [6.07, 6.45) is 7.28. The van der Waals surface area contributed by atoms with Gasteiger partial charge in [0.05, 0.1) is 12.4 Å². The molecule has 2 unspecified atom stereocenters. The van der Waals surface area contributed by atoms with Gasteiger partial charge in [-0.05, 0) is 24.7 Å². The summed E-state index contributed by atoms with van der Waals surface area (Å²) in [6.45, 7) is 3.31.